The summed E-state index contributed by atoms with van der Waals surface area (Å²) in [5, 5.41) is 20.5. The van der Waals surface area contributed by atoms with E-state index in [2.05, 4.69) is 0 Å². The van der Waals surface area contributed by atoms with E-state index in [0.717, 1.165) is 0 Å². The Morgan fingerprint density at radius 1 is 0.826 bits per heavy atom. The summed E-state index contributed by atoms with van der Waals surface area (Å²) in [6.45, 7) is 7.44. The lowest BCUT2D eigenvalue weighted by Gasteiger charge is -2.34. The summed E-state index contributed by atoms with van der Waals surface area (Å²) in [7, 11) is 0. The first kappa shape index (κ1) is 17.4. The van der Waals surface area contributed by atoms with Crippen molar-refractivity contribution < 1.29 is 24.6 Å². The van der Waals surface area contributed by atoms with E-state index in [0.29, 0.717) is 6.29 Å². The van der Waals surface area contributed by atoms with Gasteiger partial charge in [0.1, 0.15) is 17.8 Å². The second kappa shape index (κ2) is 5.62. The number of allylic oxidation sites excluding steroid dienone is 4. The highest BCUT2D eigenvalue weighted by molar-refractivity contribution is 6.07. The lowest BCUT2D eigenvalue weighted by atomic mass is 9.69. The van der Waals surface area contributed by atoms with Gasteiger partial charge in [-0.3, -0.25) is 9.59 Å². The van der Waals surface area contributed by atoms with Crippen LogP contribution >= 0.6 is 0 Å². The van der Waals surface area contributed by atoms with Crippen LogP contribution in [0.3, 0.4) is 0 Å². The number of aldehydes is 1. The molecule has 0 unspecified atom stereocenters. The minimum atomic E-state index is -1.18. The van der Waals surface area contributed by atoms with Crippen molar-refractivity contribution in [3.05, 3.63) is 22.7 Å². The Kier molecular flexibility index (Phi) is 4.26. The number of carbonyl (C=O) groups excluding carboxylic acids is 3. The van der Waals surface area contributed by atoms with Gasteiger partial charge in [-0.2, -0.15) is 0 Å². The van der Waals surface area contributed by atoms with Gasteiger partial charge in [-0.05, 0) is 10.8 Å². The van der Waals surface area contributed by atoms with Crippen LogP contribution in [0.1, 0.15) is 53.4 Å². The van der Waals surface area contributed by atoms with Crippen LogP contribution in [-0.4, -0.2) is 28.1 Å². The zero-order chi connectivity index (χ0) is 17.6. The van der Waals surface area contributed by atoms with Gasteiger partial charge in [-0.25, -0.2) is 0 Å². The van der Waals surface area contributed by atoms with Gasteiger partial charge in [-0.15, -0.1) is 0 Å². The molecule has 0 amide bonds. The van der Waals surface area contributed by atoms with E-state index >= 15 is 0 Å². The summed E-state index contributed by atoms with van der Waals surface area (Å²) in [5.41, 5.74) is -0.831. The van der Waals surface area contributed by atoms with E-state index in [4.69, 9.17) is 0 Å². The van der Waals surface area contributed by atoms with Crippen molar-refractivity contribution in [2.24, 2.45) is 16.7 Å². The second-order valence-electron chi connectivity index (χ2n) is 8.22. The number of aliphatic hydroxyl groups is 2. The van der Waals surface area contributed by atoms with Crippen LogP contribution in [0, 0.1) is 16.7 Å². The normalized spacial score (nSPS) is 24.4. The first-order valence-electron chi connectivity index (χ1n) is 7.83. The number of rotatable bonds is 3. The maximum atomic E-state index is 12.4. The summed E-state index contributed by atoms with van der Waals surface area (Å²) in [6.07, 6.45) is 1.41. The maximum Gasteiger partial charge on any atom is 0.163 e. The Morgan fingerprint density at radius 2 is 1.17 bits per heavy atom. The lowest BCUT2D eigenvalue weighted by Crippen LogP contribution is -2.35. The smallest absolute Gasteiger partial charge is 0.163 e. The topological polar surface area (TPSA) is 91.7 Å². The van der Waals surface area contributed by atoms with Gasteiger partial charge < -0.3 is 15.0 Å². The van der Waals surface area contributed by atoms with Crippen molar-refractivity contribution >= 4 is 17.9 Å². The predicted octanol–water partition coefficient (Wildman–Crippen LogP) is 3.20. The van der Waals surface area contributed by atoms with E-state index in [1.807, 2.05) is 27.7 Å². The van der Waals surface area contributed by atoms with Crippen LogP contribution < -0.4 is 0 Å². The zero-order valence-corrected chi connectivity index (χ0v) is 14.1. The van der Waals surface area contributed by atoms with Crippen LogP contribution in [0.4, 0.5) is 0 Å². The molecule has 126 valence electrons. The third-order valence-electron chi connectivity index (χ3n) is 4.55. The van der Waals surface area contributed by atoms with Gasteiger partial charge in [0.15, 0.2) is 11.6 Å². The van der Waals surface area contributed by atoms with E-state index in [9.17, 15) is 24.6 Å². The largest absolute Gasteiger partial charge is 0.512 e. The SMILES string of the molecule is CC1(C)CC(=O)C(C(C=O)C2=C(O)CC(C)(C)CC2=O)=C(O)C1. The fraction of sp³-hybridized carbons (Fsp3) is 0.611. The Balaban J connectivity index is 2.51. The average Bonchev–Trinajstić information content (AvgIpc) is 2.31. The van der Waals surface area contributed by atoms with Gasteiger partial charge in [0.05, 0.1) is 5.92 Å². The Bertz CT molecular complexity index is 582. The number of Topliss-reactive ketones (excluding diaryl/α,β-unsaturated/α-hetero) is 2. The molecule has 0 aromatic rings. The van der Waals surface area contributed by atoms with Crippen molar-refractivity contribution in [3.8, 4) is 0 Å². The molecular formula is C18H24O5. The number of hydrogen-bond donors (Lipinski definition) is 2. The van der Waals surface area contributed by atoms with Crippen molar-refractivity contribution in [2.75, 3.05) is 0 Å². The molecule has 2 N–H and O–H groups in total. The minimum Gasteiger partial charge on any atom is -0.512 e. The molecule has 5 nitrogen and oxygen atoms in total. The van der Waals surface area contributed by atoms with Gasteiger partial charge >= 0.3 is 0 Å². The molecule has 0 bridgehead atoms. The Labute approximate surface area is 136 Å². The van der Waals surface area contributed by atoms with Gasteiger partial charge in [0, 0.05) is 36.8 Å². The maximum absolute atomic E-state index is 12.4. The Hall–Kier alpha value is -1.91. The molecule has 0 saturated heterocycles. The quantitative estimate of drug-likeness (QED) is 0.779. The molecule has 0 aliphatic heterocycles. The summed E-state index contributed by atoms with van der Waals surface area (Å²) in [5.74, 6) is -2.16. The molecule has 0 radical (unpaired) electrons. The van der Waals surface area contributed by atoms with Gasteiger partial charge in [-0.1, -0.05) is 27.7 Å². The van der Waals surface area contributed by atoms with Crippen LogP contribution in [0.25, 0.3) is 0 Å². The van der Waals surface area contributed by atoms with Crippen LogP contribution in [0.5, 0.6) is 0 Å². The third kappa shape index (κ3) is 3.38. The second-order valence-corrected chi connectivity index (χ2v) is 8.22. The molecule has 5 heteroatoms. The number of ketones is 2. The summed E-state index contributed by atoms with van der Waals surface area (Å²) in [6, 6.07) is 0. The number of carbonyl (C=O) groups is 3. The zero-order valence-electron chi connectivity index (χ0n) is 14.1. The van der Waals surface area contributed by atoms with Crippen molar-refractivity contribution in [3.63, 3.8) is 0 Å². The van der Waals surface area contributed by atoms with E-state index in [1.54, 1.807) is 0 Å². The third-order valence-corrected chi connectivity index (χ3v) is 4.55. The molecule has 0 heterocycles. The summed E-state index contributed by atoms with van der Waals surface area (Å²) < 4.78 is 0. The highest BCUT2D eigenvalue weighted by atomic mass is 16.3. The van der Waals surface area contributed by atoms with Crippen LogP contribution in [0.2, 0.25) is 0 Å². The molecule has 0 fully saturated rings. The van der Waals surface area contributed by atoms with Crippen molar-refractivity contribution in [1.29, 1.82) is 0 Å². The molecule has 23 heavy (non-hydrogen) atoms. The van der Waals surface area contributed by atoms with Crippen LogP contribution in [-0.2, 0) is 14.4 Å². The minimum absolute atomic E-state index is 0.0334. The fourth-order valence-corrected chi connectivity index (χ4v) is 3.59. The average molecular weight is 320 g/mol. The first-order valence-corrected chi connectivity index (χ1v) is 7.83. The number of aliphatic hydroxyl groups excluding tert-OH is 2. The molecule has 0 atom stereocenters. The highest BCUT2D eigenvalue weighted by Gasteiger charge is 2.42. The molecule has 0 saturated carbocycles. The predicted molar refractivity (Wildman–Crippen MR) is 84.9 cm³/mol. The molecule has 0 spiro atoms. The molecule has 0 aromatic heterocycles. The first-order chi connectivity index (χ1) is 10.5. The molecule has 2 aliphatic rings. The lowest BCUT2D eigenvalue weighted by molar-refractivity contribution is -0.122. The van der Waals surface area contributed by atoms with E-state index in [-0.39, 0.29) is 70.7 Å². The van der Waals surface area contributed by atoms with Crippen molar-refractivity contribution in [2.45, 2.75) is 53.4 Å². The molecule has 2 rings (SSSR count). The van der Waals surface area contributed by atoms with Crippen molar-refractivity contribution in [1.82, 2.24) is 0 Å². The Morgan fingerprint density at radius 3 is 1.43 bits per heavy atom. The molecular weight excluding hydrogens is 296 g/mol. The fourth-order valence-electron chi connectivity index (χ4n) is 3.59. The van der Waals surface area contributed by atoms with Gasteiger partial charge in [0.2, 0.25) is 0 Å². The summed E-state index contributed by atoms with van der Waals surface area (Å²) >= 11 is 0. The highest BCUT2D eigenvalue weighted by Crippen LogP contribution is 2.43. The van der Waals surface area contributed by atoms with E-state index in [1.165, 1.54) is 0 Å². The van der Waals surface area contributed by atoms with E-state index < -0.39 is 5.92 Å². The van der Waals surface area contributed by atoms with Gasteiger partial charge in [0.25, 0.3) is 0 Å². The standard InChI is InChI=1S/C18H24O5/c1-17(2)5-11(20)15(12(21)6-17)10(9-19)16-13(22)7-18(3,4)8-14(16)23/h9-10,20,22H,5-8H2,1-4H3. The monoisotopic (exact) mass is 320 g/mol. The molecule has 2 aliphatic carbocycles. The van der Waals surface area contributed by atoms with Crippen LogP contribution in [0.15, 0.2) is 22.7 Å². The number of hydrogen-bond acceptors (Lipinski definition) is 5. The summed E-state index contributed by atoms with van der Waals surface area (Å²) in [4.78, 5) is 36.4. The molecule has 0 aromatic carbocycles.